The zero-order chi connectivity index (χ0) is 14.7. The lowest BCUT2D eigenvalue weighted by atomic mass is 10.2. The van der Waals surface area contributed by atoms with Gasteiger partial charge in [0.25, 0.3) is 0 Å². The minimum atomic E-state index is -0.693. The first-order valence-electron chi connectivity index (χ1n) is 5.75. The first kappa shape index (κ1) is 14.9. The molecule has 0 spiro atoms. The third kappa shape index (κ3) is 3.74. The number of anilines is 2. The van der Waals surface area contributed by atoms with E-state index in [-0.39, 0.29) is 10.8 Å². The lowest BCUT2D eigenvalue weighted by Crippen LogP contribution is -2.20. The van der Waals surface area contributed by atoms with Crippen molar-refractivity contribution in [3.05, 3.63) is 58.1 Å². The number of rotatable bonds is 2. The van der Waals surface area contributed by atoms with Crippen molar-refractivity contribution in [3.8, 4) is 0 Å². The van der Waals surface area contributed by atoms with E-state index < -0.39 is 11.6 Å². The first-order valence-corrected chi connectivity index (χ1v) is 6.95. The van der Waals surface area contributed by atoms with Crippen LogP contribution in [-0.2, 0) is 0 Å². The molecule has 0 saturated heterocycles. The quantitative estimate of drug-likeness (QED) is 0.752. The van der Waals surface area contributed by atoms with Crippen LogP contribution in [0.15, 0.2) is 40.9 Å². The van der Waals surface area contributed by atoms with Gasteiger partial charge in [0, 0.05) is 16.2 Å². The van der Waals surface area contributed by atoms with Crippen LogP contribution in [0, 0.1) is 18.6 Å². The molecule has 0 amide bonds. The fourth-order valence-electron chi connectivity index (χ4n) is 1.63. The van der Waals surface area contributed by atoms with Gasteiger partial charge >= 0.3 is 0 Å². The van der Waals surface area contributed by atoms with Gasteiger partial charge in [0.1, 0.15) is 11.6 Å². The monoisotopic (exact) mass is 356 g/mol. The maximum Gasteiger partial charge on any atom is 0.175 e. The topological polar surface area (TPSA) is 24.1 Å². The molecule has 0 saturated carbocycles. The molecule has 0 heterocycles. The molecule has 0 aliphatic rings. The molecule has 2 aromatic rings. The normalized spacial score (nSPS) is 10.2. The van der Waals surface area contributed by atoms with Crippen molar-refractivity contribution in [2.75, 3.05) is 10.6 Å². The predicted octanol–water partition coefficient (Wildman–Crippen LogP) is 4.84. The molecule has 2 rings (SSSR count). The van der Waals surface area contributed by atoms with Crippen LogP contribution in [0.5, 0.6) is 0 Å². The Morgan fingerprint density at radius 3 is 2.35 bits per heavy atom. The lowest BCUT2D eigenvalue weighted by molar-refractivity contribution is 0.586. The van der Waals surface area contributed by atoms with E-state index in [0.29, 0.717) is 0 Å². The number of halogens is 3. The highest BCUT2D eigenvalue weighted by Gasteiger charge is 2.07. The Hall–Kier alpha value is -1.53. The van der Waals surface area contributed by atoms with Gasteiger partial charge in [-0.25, -0.2) is 8.78 Å². The highest BCUT2D eigenvalue weighted by molar-refractivity contribution is 9.10. The summed E-state index contributed by atoms with van der Waals surface area (Å²) < 4.78 is 27.2. The van der Waals surface area contributed by atoms with E-state index in [2.05, 4.69) is 26.6 Å². The van der Waals surface area contributed by atoms with Crippen molar-refractivity contribution in [3.63, 3.8) is 0 Å². The average Bonchev–Trinajstić information content (AvgIpc) is 2.36. The fourth-order valence-corrected chi connectivity index (χ4v) is 2.33. The van der Waals surface area contributed by atoms with E-state index >= 15 is 0 Å². The minimum Gasteiger partial charge on any atom is -0.332 e. The van der Waals surface area contributed by atoms with Gasteiger partial charge in [-0.2, -0.15) is 0 Å². The number of nitrogens with one attached hydrogen (secondary N) is 2. The van der Waals surface area contributed by atoms with Gasteiger partial charge in [-0.1, -0.05) is 15.9 Å². The summed E-state index contributed by atoms with van der Waals surface area (Å²) in [6.45, 7) is 1.92. The molecular formula is C14H11BrF2N2S. The van der Waals surface area contributed by atoms with E-state index in [0.717, 1.165) is 21.8 Å². The highest BCUT2D eigenvalue weighted by atomic mass is 79.9. The molecular weight excluding hydrogens is 346 g/mol. The molecule has 2 aromatic carbocycles. The summed E-state index contributed by atoms with van der Waals surface area (Å²) in [5.41, 5.74) is 1.93. The second kappa shape index (κ2) is 6.28. The zero-order valence-electron chi connectivity index (χ0n) is 10.5. The zero-order valence-corrected chi connectivity index (χ0v) is 12.9. The molecule has 0 aliphatic carbocycles. The Bertz CT molecular complexity index is 606. The van der Waals surface area contributed by atoms with Crippen molar-refractivity contribution in [2.45, 2.75) is 6.92 Å². The summed E-state index contributed by atoms with van der Waals surface area (Å²) >= 11 is 8.48. The molecule has 0 unspecified atom stereocenters. The number of aryl methyl sites for hydroxylation is 1. The van der Waals surface area contributed by atoms with Crippen molar-refractivity contribution in [2.24, 2.45) is 0 Å². The molecule has 2 nitrogen and oxygen atoms in total. The molecule has 0 aliphatic heterocycles. The van der Waals surface area contributed by atoms with Gasteiger partial charge in [0.05, 0.1) is 5.69 Å². The molecule has 2 N–H and O–H groups in total. The van der Waals surface area contributed by atoms with Crippen LogP contribution in [-0.4, -0.2) is 5.11 Å². The molecule has 0 fully saturated rings. The molecule has 0 bridgehead atoms. The number of benzene rings is 2. The summed E-state index contributed by atoms with van der Waals surface area (Å²) in [6.07, 6.45) is 0. The first-order chi connectivity index (χ1) is 9.45. The highest BCUT2D eigenvalue weighted by Crippen LogP contribution is 2.21. The van der Waals surface area contributed by atoms with E-state index in [1.165, 1.54) is 12.1 Å². The Morgan fingerprint density at radius 2 is 1.70 bits per heavy atom. The molecule has 20 heavy (non-hydrogen) atoms. The molecule has 0 radical (unpaired) electrons. The smallest absolute Gasteiger partial charge is 0.175 e. The second-order valence-electron chi connectivity index (χ2n) is 4.16. The van der Waals surface area contributed by atoms with Gasteiger partial charge in [0.2, 0.25) is 0 Å². The largest absolute Gasteiger partial charge is 0.332 e. The van der Waals surface area contributed by atoms with Gasteiger partial charge in [-0.05, 0) is 55.0 Å². The van der Waals surface area contributed by atoms with E-state index in [1.807, 2.05) is 25.1 Å². The fraction of sp³-hybridized carbons (Fsp3) is 0.0714. The Kier molecular flexibility index (Phi) is 4.67. The third-order valence-electron chi connectivity index (χ3n) is 2.62. The Balaban J connectivity index is 2.09. The molecule has 104 valence electrons. The SMILES string of the molecule is Cc1cc(Br)ccc1NC(=S)Nc1ccc(F)cc1F. The van der Waals surface area contributed by atoms with E-state index in [9.17, 15) is 8.78 Å². The lowest BCUT2D eigenvalue weighted by Gasteiger charge is -2.13. The number of hydrogen-bond acceptors (Lipinski definition) is 1. The van der Waals surface area contributed by atoms with Crippen molar-refractivity contribution in [1.29, 1.82) is 0 Å². The van der Waals surface area contributed by atoms with Crippen LogP contribution >= 0.6 is 28.1 Å². The van der Waals surface area contributed by atoms with Crippen molar-refractivity contribution in [1.82, 2.24) is 0 Å². The number of hydrogen-bond donors (Lipinski definition) is 2. The maximum atomic E-state index is 13.5. The summed E-state index contributed by atoms with van der Waals surface area (Å²) in [4.78, 5) is 0. The van der Waals surface area contributed by atoms with E-state index in [1.54, 1.807) is 0 Å². The standard InChI is InChI=1S/C14H11BrF2N2S/c1-8-6-9(15)2-4-12(8)18-14(20)19-13-5-3-10(16)7-11(13)17/h2-7H,1H3,(H2,18,19,20). The predicted molar refractivity (Wildman–Crippen MR) is 85.1 cm³/mol. The Labute approximate surface area is 129 Å². The van der Waals surface area contributed by atoms with Crippen LogP contribution in [0.25, 0.3) is 0 Å². The minimum absolute atomic E-state index is 0.124. The van der Waals surface area contributed by atoms with Gasteiger partial charge in [-0.3, -0.25) is 0 Å². The third-order valence-corrected chi connectivity index (χ3v) is 3.31. The maximum absolute atomic E-state index is 13.5. The van der Waals surface area contributed by atoms with Crippen LogP contribution in [0.4, 0.5) is 20.2 Å². The van der Waals surface area contributed by atoms with Crippen molar-refractivity contribution < 1.29 is 8.78 Å². The summed E-state index contributed by atoms with van der Waals surface area (Å²) in [5, 5.41) is 5.90. The molecule has 0 aromatic heterocycles. The van der Waals surface area contributed by atoms with E-state index in [4.69, 9.17) is 12.2 Å². The summed E-state index contributed by atoms with van der Waals surface area (Å²) in [7, 11) is 0. The van der Waals surface area contributed by atoms with Gasteiger partial charge < -0.3 is 10.6 Å². The molecule has 0 atom stereocenters. The van der Waals surface area contributed by atoms with Gasteiger partial charge in [0.15, 0.2) is 5.11 Å². The van der Waals surface area contributed by atoms with Gasteiger partial charge in [-0.15, -0.1) is 0 Å². The summed E-state index contributed by atoms with van der Waals surface area (Å²) in [5.74, 6) is -1.32. The molecule has 6 heteroatoms. The number of thiocarbonyl (C=S) groups is 1. The van der Waals surface area contributed by atoms with Crippen LogP contribution in [0.2, 0.25) is 0 Å². The van der Waals surface area contributed by atoms with Crippen molar-refractivity contribution >= 4 is 44.6 Å². The second-order valence-corrected chi connectivity index (χ2v) is 5.49. The Morgan fingerprint density at radius 1 is 1.05 bits per heavy atom. The van der Waals surface area contributed by atoms with Crippen LogP contribution < -0.4 is 10.6 Å². The average molecular weight is 357 g/mol. The summed E-state index contributed by atoms with van der Waals surface area (Å²) in [6, 6.07) is 8.93. The van der Waals surface area contributed by atoms with Crippen LogP contribution in [0.1, 0.15) is 5.56 Å². The van der Waals surface area contributed by atoms with Crippen LogP contribution in [0.3, 0.4) is 0 Å².